The Balaban J connectivity index is 1.59. The lowest BCUT2D eigenvalue weighted by atomic mass is 9.97. The third-order valence-electron chi connectivity index (χ3n) is 5.15. The Morgan fingerprint density at radius 2 is 2.00 bits per heavy atom. The molecule has 4 nitrogen and oxygen atoms in total. The maximum Gasteiger partial charge on any atom is 0.348 e. The second-order valence-electron chi connectivity index (χ2n) is 6.99. The van der Waals surface area contributed by atoms with E-state index in [4.69, 9.17) is 4.74 Å². The third-order valence-corrected chi connectivity index (χ3v) is 6.24. The molecule has 0 unspecified atom stereocenters. The van der Waals surface area contributed by atoms with Crippen LogP contribution in [0.3, 0.4) is 0 Å². The molecule has 0 amide bonds. The maximum atomic E-state index is 13.1. The molecule has 1 saturated heterocycles. The summed E-state index contributed by atoms with van der Waals surface area (Å²) in [6.07, 6.45) is 6.38. The van der Waals surface area contributed by atoms with E-state index in [1.54, 1.807) is 23.9 Å². The van der Waals surface area contributed by atoms with Gasteiger partial charge in [-0.2, -0.15) is 4.98 Å². The van der Waals surface area contributed by atoms with Crippen molar-refractivity contribution < 1.29 is 9.13 Å². The first-order valence-electron chi connectivity index (χ1n) is 9.32. The van der Waals surface area contributed by atoms with Gasteiger partial charge in [0.1, 0.15) is 10.8 Å². The van der Waals surface area contributed by atoms with Crippen molar-refractivity contribution in [1.82, 2.24) is 9.55 Å². The standard InChI is InChI=1S/C20H23FN2O2S/c21-15-9-7-14(8-10-15)13-26-19-17-5-1-2-6-18(17)23(20(24)22-19)12-16-4-3-11-25-16/h7-10,16H,1-6,11-13H2/t16-/m1/s1. The predicted octanol–water partition coefficient (Wildman–Crippen LogP) is 3.73. The Morgan fingerprint density at radius 3 is 2.77 bits per heavy atom. The summed E-state index contributed by atoms with van der Waals surface area (Å²) in [5.41, 5.74) is 3.24. The quantitative estimate of drug-likeness (QED) is 0.591. The Kier molecular flexibility index (Phi) is 5.41. The van der Waals surface area contributed by atoms with Gasteiger partial charge in [-0.05, 0) is 56.2 Å². The van der Waals surface area contributed by atoms with E-state index in [1.807, 2.05) is 4.57 Å². The zero-order valence-corrected chi connectivity index (χ0v) is 15.6. The highest BCUT2D eigenvalue weighted by Crippen LogP contribution is 2.30. The number of thioether (sulfide) groups is 1. The van der Waals surface area contributed by atoms with E-state index in [0.717, 1.165) is 61.4 Å². The summed E-state index contributed by atoms with van der Waals surface area (Å²) in [7, 11) is 0. The molecule has 2 heterocycles. The first kappa shape index (κ1) is 17.7. The lowest BCUT2D eigenvalue weighted by Crippen LogP contribution is -2.33. The van der Waals surface area contributed by atoms with Crippen molar-refractivity contribution in [3.63, 3.8) is 0 Å². The van der Waals surface area contributed by atoms with Crippen LogP contribution in [0, 0.1) is 5.82 Å². The second kappa shape index (κ2) is 7.92. The Bertz CT molecular complexity index is 829. The molecular weight excluding hydrogens is 351 g/mol. The van der Waals surface area contributed by atoms with Crippen molar-refractivity contribution in [2.45, 2.75) is 62.0 Å². The molecule has 1 fully saturated rings. The van der Waals surface area contributed by atoms with Crippen molar-refractivity contribution in [3.8, 4) is 0 Å². The fourth-order valence-corrected chi connectivity index (χ4v) is 4.81. The molecule has 4 rings (SSSR count). The number of rotatable bonds is 5. The van der Waals surface area contributed by atoms with Crippen LogP contribution < -0.4 is 5.69 Å². The van der Waals surface area contributed by atoms with Crippen LogP contribution in [0.5, 0.6) is 0 Å². The molecule has 1 aromatic carbocycles. The molecule has 0 bridgehead atoms. The van der Waals surface area contributed by atoms with E-state index >= 15 is 0 Å². The fourth-order valence-electron chi connectivity index (χ4n) is 3.78. The lowest BCUT2D eigenvalue weighted by molar-refractivity contribution is 0.0947. The number of fused-ring (bicyclic) bond motifs is 1. The van der Waals surface area contributed by atoms with Crippen LogP contribution in [0.4, 0.5) is 4.39 Å². The van der Waals surface area contributed by atoms with Crippen molar-refractivity contribution in [3.05, 3.63) is 57.4 Å². The molecule has 138 valence electrons. The third kappa shape index (κ3) is 3.86. The summed E-state index contributed by atoms with van der Waals surface area (Å²) in [6.45, 7) is 1.41. The van der Waals surface area contributed by atoms with Gasteiger partial charge in [-0.25, -0.2) is 9.18 Å². The van der Waals surface area contributed by atoms with Crippen LogP contribution in [0.2, 0.25) is 0 Å². The van der Waals surface area contributed by atoms with Gasteiger partial charge < -0.3 is 4.74 Å². The molecule has 0 radical (unpaired) electrons. The number of ether oxygens (including phenoxy) is 1. The Labute approximate surface area is 156 Å². The molecule has 6 heteroatoms. The van der Waals surface area contributed by atoms with Gasteiger partial charge in [0.2, 0.25) is 0 Å². The minimum absolute atomic E-state index is 0.137. The molecule has 2 aliphatic rings. The summed E-state index contributed by atoms with van der Waals surface area (Å²) in [4.78, 5) is 17.1. The topological polar surface area (TPSA) is 44.1 Å². The van der Waals surface area contributed by atoms with Gasteiger partial charge in [0.25, 0.3) is 0 Å². The zero-order valence-electron chi connectivity index (χ0n) is 14.7. The molecule has 1 atom stereocenters. The number of hydrogen-bond acceptors (Lipinski definition) is 4. The molecule has 0 saturated carbocycles. The lowest BCUT2D eigenvalue weighted by Gasteiger charge is -2.24. The summed E-state index contributed by atoms with van der Waals surface area (Å²) in [6, 6.07) is 6.51. The number of nitrogens with zero attached hydrogens (tertiary/aromatic N) is 2. The minimum atomic E-state index is -0.231. The fraction of sp³-hybridized carbons (Fsp3) is 0.500. The first-order chi connectivity index (χ1) is 12.7. The molecule has 0 N–H and O–H groups in total. The van der Waals surface area contributed by atoms with Crippen molar-refractivity contribution in [2.75, 3.05) is 6.61 Å². The van der Waals surface area contributed by atoms with E-state index < -0.39 is 0 Å². The largest absolute Gasteiger partial charge is 0.376 e. The van der Waals surface area contributed by atoms with Gasteiger partial charge >= 0.3 is 5.69 Å². The monoisotopic (exact) mass is 374 g/mol. The van der Waals surface area contributed by atoms with Crippen LogP contribution in [-0.4, -0.2) is 22.3 Å². The molecule has 26 heavy (non-hydrogen) atoms. The SMILES string of the molecule is O=c1nc(SCc2ccc(F)cc2)c2c(n1C[C@H]1CCCO1)CCCC2. The normalized spacial score (nSPS) is 19.5. The molecule has 1 aliphatic heterocycles. The predicted molar refractivity (Wildman–Crippen MR) is 100 cm³/mol. The molecule has 2 aromatic rings. The number of hydrogen-bond donors (Lipinski definition) is 0. The van der Waals surface area contributed by atoms with E-state index in [9.17, 15) is 9.18 Å². The van der Waals surface area contributed by atoms with E-state index in [-0.39, 0.29) is 17.6 Å². The maximum absolute atomic E-state index is 13.1. The average Bonchev–Trinajstić information content (AvgIpc) is 3.17. The number of aromatic nitrogens is 2. The van der Waals surface area contributed by atoms with Crippen molar-refractivity contribution in [1.29, 1.82) is 0 Å². The van der Waals surface area contributed by atoms with Gasteiger partial charge in [-0.15, -0.1) is 11.8 Å². The smallest absolute Gasteiger partial charge is 0.348 e. The summed E-state index contributed by atoms with van der Waals surface area (Å²) >= 11 is 1.58. The van der Waals surface area contributed by atoms with Crippen molar-refractivity contribution in [2.24, 2.45) is 0 Å². The van der Waals surface area contributed by atoms with Gasteiger partial charge in [-0.1, -0.05) is 12.1 Å². The number of halogens is 1. The summed E-state index contributed by atoms with van der Waals surface area (Å²) in [5, 5.41) is 0.845. The second-order valence-corrected chi connectivity index (χ2v) is 7.96. The van der Waals surface area contributed by atoms with Crippen LogP contribution in [0.1, 0.15) is 42.5 Å². The van der Waals surface area contributed by atoms with Crippen LogP contribution >= 0.6 is 11.8 Å². The van der Waals surface area contributed by atoms with Gasteiger partial charge in [-0.3, -0.25) is 4.57 Å². The highest BCUT2D eigenvalue weighted by atomic mass is 32.2. The van der Waals surface area contributed by atoms with E-state index in [0.29, 0.717) is 12.3 Å². The van der Waals surface area contributed by atoms with Gasteiger partial charge in [0, 0.05) is 23.6 Å². The average molecular weight is 374 g/mol. The molecular formula is C20H23FN2O2S. The molecule has 1 aliphatic carbocycles. The van der Waals surface area contributed by atoms with Crippen LogP contribution in [0.15, 0.2) is 34.1 Å². The summed E-state index contributed by atoms with van der Waals surface area (Å²) in [5.74, 6) is 0.459. The Hall–Kier alpha value is -1.66. The minimum Gasteiger partial charge on any atom is -0.376 e. The summed E-state index contributed by atoms with van der Waals surface area (Å²) < 4.78 is 20.6. The van der Waals surface area contributed by atoms with Crippen molar-refractivity contribution >= 4 is 11.8 Å². The highest BCUT2D eigenvalue weighted by Gasteiger charge is 2.24. The van der Waals surface area contributed by atoms with Crippen LogP contribution in [0.25, 0.3) is 0 Å². The van der Waals surface area contributed by atoms with Crippen LogP contribution in [-0.2, 0) is 29.9 Å². The van der Waals surface area contributed by atoms with E-state index in [2.05, 4.69) is 4.98 Å². The van der Waals surface area contributed by atoms with Gasteiger partial charge in [0.05, 0.1) is 12.6 Å². The Morgan fingerprint density at radius 1 is 1.19 bits per heavy atom. The molecule has 1 aromatic heterocycles. The first-order valence-corrected chi connectivity index (χ1v) is 10.3. The molecule has 0 spiro atoms. The zero-order chi connectivity index (χ0) is 17.9. The van der Waals surface area contributed by atoms with Gasteiger partial charge in [0.15, 0.2) is 0 Å². The van der Waals surface area contributed by atoms with E-state index in [1.165, 1.54) is 17.7 Å². The number of benzene rings is 1. The highest BCUT2D eigenvalue weighted by molar-refractivity contribution is 7.98.